The summed E-state index contributed by atoms with van der Waals surface area (Å²) < 4.78 is 31.6. The maximum Gasteiger partial charge on any atom is 0.407 e. The largest absolute Gasteiger partial charge is 0.490 e. The summed E-state index contributed by atoms with van der Waals surface area (Å²) in [5.74, 6) is -2.02. The highest BCUT2D eigenvalue weighted by Crippen LogP contribution is 2.26. The Morgan fingerprint density at radius 3 is 2.53 bits per heavy atom. The van der Waals surface area contributed by atoms with Gasteiger partial charge >= 0.3 is 6.09 Å². The Morgan fingerprint density at radius 1 is 1.37 bits per heavy atom. The molecule has 19 heavy (non-hydrogen) atoms. The van der Waals surface area contributed by atoms with Crippen LogP contribution in [0.3, 0.4) is 0 Å². The maximum absolute atomic E-state index is 13.1. The number of amides is 1. The third-order valence-electron chi connectivity index (χ3n) is 2.97. The van der Waals surface area contributed by atoms with Crippen LogP contribution in [-0.4, -0.2) is 35.3 Å². The summed E-state index contributed by atoms with van der Waals surface area (Å²) >= 11 is 5.52. The molecule has 0 spiro atoms. The summed E-state index contributed by atoms with van der Waals surface area (Å²) in [6.07, 6.45) is -0.183. The number of carbonyl (C=O) groups is 1. The van der Waals surface area contributed by atoms with Crippen molar-refractivity contribution in [1.29, 1.82) is 0 Å². The highest BCUT2D eigenvalue weighted by Gasteiger charge is 2.24. The molecule has 0 aromatic heterocycles. The van der Waals surface area contributed by atoms with Gasteiger partial charge in [0, 0.05) is 38.1 Å². The summed E-state index contributed by atoms with van der Waals surface area (Å²) in [5.41, 5.74) is 0. The normalized spacial score (nSPS) is 16.5. The molecule has 0 bridgehead atoms. The van der Waals surface area contributed by atoms with Crippen LogP contribution in [0.2, 0.25) is 5.02 Å². The van der Waals surface area contributed by atoms with E-state index in [1.165, 1.54) is 11.0 Å². The number of hydrogen-bond donors (Lipinski definition) is 1. The number of carboxylic acid groups (broad SMARTS) is 1. The molecule has 1 aliphatic heterocycles. The van der Waals surface area contributed by atoms with E-state index in [4.69, 9.17) is 21.4 Å². The summed E-state index contributed by atoms with van der Waals surface area (Å²) in [4.78, 5) is 12.0. The molecule has 4 nitrogen and oxygen atoms in total. The van der Waals surface area contributed by atoms with Crippen LogP contribution in [0.5, 0.6) is 5.75 Å². The molecule has 104 valence electrons. The molecule has 1 aromatic carbocycles. The van der Waals surface area contributed by atoms with Crippen LogP contribution in [0.1, 0.15) is 12.8 Å². The van der Waals surface area contributed by atoms with Gasteiger partial charge in [-0.15, -0.1) is 0 Å². The minimum atomic E-state index is -1.10. The molecule has 0 aliphatic carbocycles. The van der Waals surface area contributed by atoms with Crippen molar-refractivity contribution in [3.63, 3.8) is 0 Å². The highest BCUT2D eigenvalue weighted by molar-refractivity contribution is 6.30. The van der Waals surface area contributed by atoms with Crippen LogP contribution in [0, 0.1) is 11.6 Å². The predicted octanol–water partition coefficient (Wildman–Crippen LogP) is 3.14. The van der Waals surface area contributed by atoms with Crippen molar-refractivity contribution in [2.45, 2.75) is 18.9 Å². The number of nitrogens with zero attached hydrogens (tertiary/aromatic N) is 1. The molecule has 2 rings (SSSR count). The van der Waals surface area contributed by atoms with E-state index in [1.807, 2.05) is 0 Å². The van der Waals surface area contributed by atoms with E-state index in [-0.39, 0.29) is 16.9 Å². The summed E-state index contributed by atoms with van der Waals surface area (Å²) in [6.45, 7) is 0.717. The SMILES string of the molecule is O=C(O)N1CCC(Oc2cc(F)c(F)c(Cl)c2)CC1. The van der Waals surface area contributed by atoms with Crippen molar-refractivity contribution >= 4 is 17.7 Å². The lowest BCUT2D eigenvalue weighted by Gasteiger charge is -2.30. The van der Waals surface area contributed by atoms with Gasteiger partial charge in [0.2, 0.25) is 0 Å². The molecular formula is C12H12ClF2NO3. The van der Waals surface area contributed by atoms with Crippen LogP contribution in [0.15, 0.2) is 12.1 Å². The number of halogens is 3. The predicted molar refractivity (Wildman–Crippen MR) is 64.6 cm³/mol. The number of hydrogen-bond acceptors (Lipinski definition) is 2. The first-order valence-electron chi connectivity index (χ1n) is 5.76. The third-order valence-corrected chi connectivity index (χ3v) is 3.25. The van der Waals surface area contributed by atoms with Crippen molar-refractivity contribution in [1.82, 2.24) is 4.90 Å². The number of benzene rings is 1. The zero-order chi connectivity index (χ0) is 14.0. The quantitative estimate of drug-likeness (QED) is 0.852. The Kier molecular flexibility index (Phi) is 4.09. The molecule has 7 heteroatoms. The molecule has 0 unspecified atom stereocenters. The van der Waals surface area contributed by atoms with E-state index in [1.54, 1.807) is 0 Å². The fraction of sp³-hybridized carbons (Fsp3) is 0.417. The minimum Gasteiger partial charge on any atom is -0.490 e. The topological polar surface area (TPSA) is 49.8 Å². The Hall–Kier alpha value is -1.56. The lowest BCUT2D eigenvalue weighted by molar-refractivity contribution is 0.0892. The van der Waals surface area contributed by atoms with Gasteiger partial charge in [-0.2, -0.15) is 0 Å². The monoisotopic (exact) mass is 291 g/mol. The van der Waals surface area contributed by atoms with Gasteiger partial charge in [0.15, 0.2) is 11.6 Å². The van der Waals surface area contributed by atoms with Gasteiger partial charge in [-0.3, -0.25) is 0 Å². The Morgan fingerprint density at radius 2 is 2.00 bits per heavy atom. The Labute approximate surface area is 113 Å². The summed E-state index contributed by atoms with van der Waals surface area (Å²) in [5, 5.41) is 8.46. The molecule has 1 aliphatic rings. The van der Waals surface area contributed by atoms with Crippen molar-refractivity contribution < 1.29 is 23.4 Å². The van der Waals surface area contributed by atoms with Crippen LogP contribution >= 0.6 is 11.6 Å². The van der Waals surface area contributed by atoms with Crippen molar-refractivity contribution in [3.05, 3.63) is 28.8 Å². The molecule has 0 radical (unpaired) electrons. The second kappa shape index (κ2) is 5.61. The second-order valence-corrected chi connectivity index (χ2v) is 4.69. The first-order valence-corrected chi connectivity index (χ1v) is 6.14. The van der Waals surface area contributed by atoms with Gasteiger partial charge in [-0.1, -0.05) is 11.6 Å². The van der Waals surface area contributed by atoms with Crippen LogP contribution in [0.25, 0.3) is 0 Å². The smallest absolute Gasteiger partial charge is 0.407 e. The Balaban J connectivity index is 1.98. The van der Waals surface area contributed by atoms with E-state index in [0.29, 0.717) is 25.9 Å². The van der Waals surface area contributed by atoms with Crippen molar-refractivity contribution in [2.75, 3.05) is 13.1 Å². The number of rotatable bonds is 2. The lowest BCUT2D eigenvalue weighted by atomic mass is 10.1. The molecule has 1 saturated heterocycles. The summed E-state index contributed by atoms with van der Waals surface area (Å²) in [7, 11) is 0. The number of likely N-dealkylation sites (tertiary alicyclic amines) is 1. The zero-order valence-corrected chi connectivity index (χ0v) is 10.7. The lowest BCUT2D eigenvalue weighted by Crippen LogP contribution is -2.41. The molecular weight excluding hydrogens is 280 g/mol. The van der Waals surface area contributed by atoms with E-state index in [2.05, 4.69) is 0 Å². The summed E-state index contributed by atoms with van der Waals surface area (Å²) in [6, 6.07) is 2.15. The fourth-order valence-corrected chi connectivity index (χ4v) is 2.16. The molecule has 1 fully saturated rings. The Bertz CT molecular complexity index is 467. The molecule has 0 atom stereocenters. The van der Waals surface area contributed by atoms with E-state index in [0.717, 1.165) is 6.07 Å². The van der Waals surface area contributed by atoms with Gasteiger partial charge < -0.3 is 14.7 Å². The molecule has 1 aromatic rings. The standard InChI is InChI=1S/C12H12ClF2NO3/c13-9-5-8(6-10(14)11(9)15)19-7-1-3-16(4-2-7)12(17)18/h5-7H,1-4H2,(H,17,18). The van der Waals surface area contributed by atoms with Gasteiger partial charge in [-0.05, 0) is 0 Å². The first kappa shape index (κ1) is 13.9. The van der Waals surface area contributed by atoms with E-state index >= 15 is 0 Å². The minimum absolute atomic E-state index is 0.151. The van der Waals surface area contributed by atoms with E-state index in [9.17, 15) is 13.6 Å². The zero-order valence-electron chi connectivity index (χ0n) is 9.91. The highest BCUT2D eigenvalue weighted by atomic mass is 35.5. The molecule has 1 amide bonds. The average molecular weight is 292 g/mol. The average Bonchev–Trinajstić information content (AvgIpc) is 2.36. The van der Waals surface area contributed by atoms with Crippen molar-refractivity contribution in [3.8, 4) is 5.75 Å². The first-order chi connectivity index (χ1) is 8.97. The molecule has 0 saturated carbocycles. The second-order valence-electron chi connectivity index (χ2n) is 4.29. The van der Waals surface area contributed by atoms with E-state index < -0.39 is 17.7 Å². The van der Waals surface area contributed by atoms with Crippen LogP contribution in [0.4, 0.5) is 13.6 Å². The fourth-order valence-electron chi connectivity index (χ4n) is 1.96. The van der Waals surface area contributed by atoms with Crippen LogP contribution in [-0.2, 0) is 0 Å². The van der Waals surface area contributed by atoms with Crippen LogP contribution < -0.4 is 4.74 Å². The van der Waals surface area contributed by atoms with Gasteiger partial charge in [0.05, 0.1) is 5.02 Å². The third kappa shape index (κ3) is 3.26. The number of ether oxygens (including phenoxy) is 1. The van der Waals surface area contributed by atoms with Gasteiger partial charge in [0.25, 0.3) is 0 Å². The van der Waals surface area contributed by atoms with Crippen molar-refractivity contribution in [2.24, 2.45) is 0 Å². The van der Waals surface area contributed by atoms with Gasteiger partial charge in [0.1, 0.15) is 11.9 Å². The van der Waals surface area contributed by atoms with Gasteiger partial charge in [-0.25, -0.2) is 13.6 Å². The number of piperidine rings is 1. The maximum atomic E-state index is 13.1. The molecule has 1 N–H and O–H groups in total. The molecule has 1 heterocycles.